The summed E-state index contributed by atoms with van der Waals surface area (Å²) in [5.41, 5.74) is 0.682. The van der Waals surface area contributed by atoms with E-state index in [1.54, 1.807) is 17.8 Å². The second kappa shape index (κ2) is 5.35. The van der Waals surface area contributed by atoms with Crippen molar-refractivity contribution < 1.29 is 9.53 Å². The number of halogens is 1. The Morgan fingerprint density at radius 2 is 2.05 bits per heavy atom. The molecule has 1 aromatic rings. The summed E-state index contributed by atoms with van der Waals surface area (Å²) < 4.78 is 5.51. The molecule has 2 fully saturated rings. The summed E-state index contributed by atoms with van der Waals surface area (Å²) in [6.45, 7) is 1.33. The van der Waals surface area contributed by atoms with Gasteiger partial charge in [0, 0.05) is 10.5 Å². The molecule has 5 heteroatoms. The molecule has 2 heterocycles. The monoisotopic (exact) mass is 297 g/mol. The molecule has 0 aromatic heterocycles. The average molecular weight is 298 g/mol. The number of thioether (sulfide) groups is 1. The zero-order valence-electron chi connectivity index (χ0n) is 10.8. The summed E-state index contributed by atoms with van der Waals surface area (Å²) in [5.74, 6) is 0.0883. The van der Waals surface area contributed by atoms with Crippen LogP contribution in [0, 0.1) is 0 Å². The Labute approximate surface area is 122 Å². The van der Waals surface area contributed by atoms with Crippen LogP contribution < -0.4 is 0 Å². The molecule has 19 heavy (non-hydrogen) atoms. The van der Waals surface area contributed by atoms with E-state index in [4.69, 9.17) is 16.3 Å². The lowest BCUT2D eigenvalue weighted by Crippen LogP contribution is -2.49. The zero-order valence-corrected chi connectivity index (χ0v) is 12.3. The topological polar surface area (TPSA) is 29.5 Å². The van der Waals surface area contributed by atoms with Crippen molar-refractivity contribution in [2.75, 3.05) is 19.5 Å². The quantitative estimate of drug-likeness (QED) is 0.786. The van der Waals surface area contributed by atoms with Gasteiger partial charge in [0.1, 0.15) is 0 Å². The maximum atomic E-state index is 12.6. The minimum absolute atomic E-state index is 0.0883. The van der Waals surface area contributed by atoms with Gasteiger partial charge in [-0.15, -0.1) is 11.8 Å². The summed E-state index contributed by atoms with van der Waals surface area (Å²) >= 11 is 7.77. The molecule has 1 aromatic carbocycles. The number of carbonyl (C=O) groups excluding carboxylic acids is 1. The van der Waals surface area contributed by atoms with Gasteiger partial charge in [-0.05, 0) is 37.3 Å². The van der Waals surface area contributed by atoms with Gasteiger partial charge in [0.25, 0.3) is 5.91 Å². The van der Waals surface area contributed by atoms with Crippen molar-refractivity contribution in [1.29, 1.82) is 0 Å². The first-order valence-electron chi connectivity index (χ1n) is 6.44. The molecule has 0 radical (unpaired) electrons. The van der Waals surface area contributed by atoms with Crippen LogP contribution in [0.25, 0.3) is 0 Å². The van der Waals surface area contributed by atoms with Gasteiger partial charge < -0.3 is 9.64 Å². The minimum atomic E-state index is 0.0883. The van der Waals surface area contributed by atoms with Crippen molar-refractivity contribution in [3.63, 3.8) is 0 Å². The Kier molecular flexibility index (Phi) is 3.74. The summed E-state index contributed by atoms with van der Waals surface area (Å²) in [6.07, 6.45) is 4.07. The van der Waals surface area contributed by atoms with Crippen LogP contribution in [0.3, 0.4) is 0 Å². The fourth-order valence-electron chi connectivity index (χ4n) is 2.91. The first-order chi connectivity index (χ1) is 9.20. The molecule has 2 atom stereocenters. The van der Waals surface area contributed by atoms with Gasteiger partial charge in [-0.1, -0.05) is 11.6 Å². The van der Waals surface area contributed by atoms with Crippen molar-refractivity contribution >= 4 is 29.3 Å². The molecule has 2 aliphatic heterocycles. The number of nitrogens with zero attached hydrogens (tertiary/aromatic N) is 1. The molecule has 0 spiro atoms. The van der Waals surface area contributed by atoms with Crippen LogP contribution in [-0.2, 0) is 4.74 Å². The predicted molar refractivity (Wildman–Crippen MR) is 77.0 cm³/mol. The second-order valence-corrected chi connectivity index (χ2v) is 6.24. The molecule has 2 saturated heterocycles. The number of morpholine rings is 1. The van der Waals surface area contributed by atoms with E-state index in [9.17, 15) is 4.79 Å². The number of rotatable bonds is 2. The molecule has 2 bridgehead atoms. The van der Waals surface area contributed by atoms with E-state index >= 15 is 0 Å². The summed E-state index contributed by atoms with van der Waals surface area (Å²) in [5, 5.41) is 0.652. The highest BCUT2D eigenvalue weighted by atomic mass is 35.5. The Morgan fingerprint density at radius 1 is 1.37 bits per heavy atom. The number of hydrogen-bond acceptors (Lipinski definition) is 3. The highest BCUT2D eigenvalue weighted by Crippen LogP contribution is 2.32. The van der Waals surface area contributed by atoms with Crippen molar-refractivity contribution in [3.8, 4) is 0 Å². The van der Waals surface area contributed by atoms with Gasteiger partial charge in [-0.3, -0.25) is 4.79 Å². The van der Waals surface area contributed by atoms with Crippen LogP contribution in [0.15, 0.2) is 23.1 Å². The van der Waals surface area contributed by atoms with Crippen LogP contribution in [-0.4, -0.2) is 42.4 Å². The molecule has 0 N–H and O–H groups in total. The smallest absolute Gasteiger partial charge is 0.254 e. The predicted octanol–water partition coefficient (Wildman–Crippen LogP) is 3.07. The molecule has 3 nitrogen and oxygen atoms in total. The van der Waals surface area contributed by atoms with E-state index in [-0.39, 0.29) is 18.0 Å². The van der Waals surface area contributed by atoms with Gasteiger partial charge in [-0.25, -0.2) is 0 Å². The van der Waals surface area contributed by atoms with E-state index in [2.05, 4.69) is 0 Å². The van der Waals surface area contributed by atoms with E-state index < -0.39 is 0 Å². The lowest BCUT2D eigenvalue weighted by molar-refractivity contribution is -0.00716. The standard InChI is InChI=1S/C14H16ClNO2S/c1-19-13-5-2-9(6-12(13)15)14(17)16-10-3-4-11(16)8-18-7-10/h2,5-6,10-11H,3-4,7-8H2,1H3. The highest BCUT2D eigenvalue weighted by molar-refractivity contribution is 7.98. The zero-order chi connectivity index (χ0) is 13.4. The van der Waals surface area contributed by atoms with E-state index in [1.807, 2.05) is 23.3 Å². The third-order valence-corrected chi connectivity index (χ3v) is 5.09. The second-order valence-electron chi connectivity index (χ2n) is 4.98. The van der Waals surface area contributed by atoms with Crippen molar-refractivity contribution in [2.45, 2.75) is 29.8 Å². The first kappa shape index (κ1) is 13.3. The fraction of sp³-hybridized carbons (Fsp3) is 0.500. The van der Waals surface area contributed by atoms with E-state index in [1.165, 1.54) is 0 Å². The van der Waals surface area contributed by atoms with Gasteiger partial charge in [0.2, 0.25) is 0 Å². The van der Waals surface area contributed by atoms with Gasteiger partial charge in [0.05, 0.1) is 30.3 Å². The molecular weight excluding hydrogens is 282 g/mol. The lowest BCUT2D eigenvalue weighted by Gasteiger charge is -2.34. The third-order valence-electron chi connectivity index (χ3n) is 3.87. The van der Waals surface area contributed by atoms with Crippen LogP contribution >= 0.6 is 23.4 Å². The Morgan fingerprint density at radius 3 is 2.63 bits per heavy atom. The largest absolute Gasteiger partial charge is 0.377 e. The van der Waals surface area contributed by atoms with Crippen LogP contribution in [0.1, 0.15) is 23.2 Å². The molecule has 2 unspecified atom stereocenters. The number of carbonyl (C=O) groups is 1. The third kappa shape index (κ3) is 2.37. The van der Waals surface area contributed by atoms with Crippen molar-refractivity contribution in [1.82, 2.24) is 4.90 Å². The van der Waals surface area contributed by atoms with Crippen LogP contribution in [0.4, 0.5) is 0 Å². The molecule has 0 aliphatic carbocycles. The van der Waals surface area contributed by atoms with Crippen LogP contribution in [0.2, 0.25) is 5.02 Å². The molecular formula is C14H16ClNO2S. The molecule has 0 saturated carbocycles. The lowest BCUT2D eigenvalue weighted by atomic mass is 10.1. The molecule has 102 valence electrons. The maximum Gasteiger partial charge on any atom is 0.254 e. The van der Waals surface area contributed by atoms with E-state index in [0.29, 0.717) is 23.8 Å². The number of ether oxygens (including phenoxy) is 1. The highest BCUT2D eigenvalue weighted by Gasteiger charge is 2.40. The first-order valence-corrected chi connectivity index (χ1v) is 8.05. The van der Waals surface area contributed by atoms with Crippen molar-refractivity contribution in [2.24, 2.45) is 0 Å². The van der Waals surface area contributed by atoms with E-state index in [0.717, 1.165) is 17.7 Å². The van der Waals surface area contributed by atoms with Gasteiger partial charge in [-0.2, -0.15) is 0 Å². The summed E-state index contributed by atoms with van der Waals surface area (Å²) in [7, 11) is 0. The molecule has 2 aliphatic rings. The summed E-state index contributed by atoms with van der Waals surface area (Å²) in [6, 6.07) is 6.05. The molecule has 1 amide bonds. The van der Waals surface area contributed by atoms with Crippen LogP contribution in [0.5, 0.6) is 0 Å². The van der Waals surface area contributed by atoms with Gasteiger partial charge >= 0.3 is 0 Å². The summed E-state index contributed by atoms with van der Waals surface area (Å²) in [4.78, 5) is 15.6. The molecule has 3 rings (SSSR count). The normalized spacial score (nSPS) is 25.7. The number of benzene rings is 1. The Balaban J connectivity index is 1.86. The number of hydrogen-bond donors (Lipinski definition) is 0. The average Bonchev–Trinajstić information content (AvgIpc) is 2.67. The number of amides is 1. The Hall–Kier alpha value is -0.710. The van der Waals surface area contributed by atoms with Gasteiger partial charge in [0.15, 0.2) is 0 Å². The SMILES string of the molecule is CSc1ccc(C(=O)N2C3CCC2COC3)cc1Cl. The fourth-order valence-corrected chi connectivity index (χ4v) is 3.78. The minimum Gasteiger partial charge on any atom is -0.377 e. The maximum absolute atomic E-state index is 12.6. The Bertz CT molecular complexity index is 492. The number of fused-ring (bicyclic) bond motifs is 2. The van der Waals surface area contributed by atoms with Crippen molar-refractivity contribution in [3.05, 3.63) is 28.8 Å².